The molecule has 8 heteroatoms. The van der Waals surface area contributed by atoms with E-state index >= 15 is 0 Å². The van der Waals surface area contributed by atoms with E-state index in [1.165, 1.54) is 83.5 Å². The molecule has 0 radical (unpaired) electrons. The van der Waals surface area contributed by atoms with Crippen LogP contribution in [0.5, 0.6) is 0 Å². The molecule has 0 aliphatic rings. The van der Waals surface area contributed by atoms with E-state index in [4.69, 9.17) is 20.1 Å². The average molecular weight is 471 g/mol. The summed E-state index contributed by atoms with van der Waals surface area (Å²) in [5, 5.41) is 22.5. The van der Waals surface area contributed by atoms with Gasteiger partial charge in [-0.1, -0.05) is 96.8 Å². The quantitative estimate of drug-likeness (QED) is 0.200. The molecule has 31 heavy (non-hydrogen) atoms. The van der Waals surface area contributed by atoms with E-state index in [9.17, 15) is 4.79 Å². The molecular weight excluding hydrogens is 424 g/mol. The van der Waals surface area contributed by atoms with Crippen molar-refractivity contribution in [2.45, 2.75) is 110 Å². The van der Waals surface area contributed by atoms with E-state index in [0.29, 0.717) is 6.42 Å². The normalized spacial score (nSPS) is 9.48. The molecule has 0 unspecified atom stereocenters. The van der Waals surface area contributed by atoms with Gasteiger partial charge < -0.3 is 19.9 Å². The van der Waals surface area contributed by atoms with E-state index in [-0.39, 0.29) is 37.7 Å². The first-order chi connectivity index (χ1) is 14.4. The zero-order valence-corrected chi connectivity index (χ0v) is 19.1. The monoisotopic (exact) mass is 470 g/mol. The van der Waals surface area contributed by atoms with Gasteiger partial charge in [0.25, 0.3) is 0 Å². The Hall–Kier alpha value is -0.790. The van der Waals surface area contributed by atoms with Crippen molar-refractivity contribution in [3.63, 3.8) is 0 Å². The summed E-state index contributed by atoms with van der Waals surface area (Å²) >= 11 is 0. The number of carboxylic acids is 1. The molecule has 1 aromatic rings. The summed E-state index contributed by atoms with van der Waals surface area (Å²) in [5.74, 6) is -0.653. The fraction of sp³-hybridized carbons (Fsp3) is 0.783. The Bertz CT molecular complexity index is 480. The SMILES string of the molecule is CCCCCCCCCCCCCCCCCC(=O)O.Cn1ccnc1.O=C(O)O.[CaH2]. The molecule has 1 aromatic heterocycles. The summed E-state index contributed by atoms with van der Waals surface area (Å²) in [6.45, 7) is 2.27. The molecule has 0 spiro atoms. The van der Waals surface area contributed by atoms with Crippen LogP contribution in [-0.4, -0.2) is 74.7 Å². The van der Waals surface area contributed by atoms with Gasteiger partial charge in [-0.05, 0) is 6.42 Å². The predicted octanol–water partition coefficient (Wildman–Crippen LogP) is 6.06. The van der Waals surface area contributed by atoms with Crippen LogP contribution in [0.25, 0.3) is 0 Å². The number of unbranched alkanes of at least 4 members (excludes halogenated alkanes) is 14. The predicted molar refractivity (Wildman–Crippen MR) is 130 cm³/mol. The van der Waals surface area contributed by atoms with Crippen molar-refractivity contribution in [2.75, 3.05) is 0 Å². The number of aromatic nitrogens is 2. The molecule has 7 nitrogen and oxygen atoms in total. The Balaban J connectivity index is -0.000000582. The van der Waals surface area contributed by atoms with Crippen LogP contribution in [0.4, 0.5) is 4.79 Å². The molecule has 0 saturated carbocycles. The van der Waals surface area contributed by atoms with Crippen LogP contribution in [0.1, 0.15) is 110 Å². The molecule has 0 atom stereocenters. The first-order valence-electron chi connectivity index (χ1n) is 11.5. The summed E-state index contributed by atoms with van der Waals surface area (Å²) in [6, 6.07) is 0. The number of carboxylic acid groups (broad SMARTS) is 3. The number of hydrogen-bond acceptors (Lipinski definition) is 3. The average Bonchev–Trinajstić information content (AvgIpc) is 3.16. The van der Waals surface area contributed by atoms with E-state index in [0.717, 1.165) is 12.8 Å². The molecule has 0 fully saturated rings. The number of aliphatic carboxylic acids is 1. The van der Waals surface area contributed by atoms with E-state index in [1.807, 2.05) is 17.8 Å². The molecular formula is C23H46CaN2O5. The van der Waals surface area contributed by atoms with Gasteiger partial charge in [-0.25, -0.2) is 9.78 Å². The summed E-state index contributed by atoms with van der Waals surface area (Å²) in [7, 11) is 1.94. The molecule has 1 rings (SSSR count). The van der Waals surface area contributed by atoms with Crippen molar-refractivity contribution >= 4 is 49.9 Å². The second-order valence-electron chi connectivity index (χ2n) is 7.60. The van der Waals surface area contributed by atoms with Crippen LogP contribution in [-0.2, 0) is 11.8 Å². The molecule has 1 heterocycles. The third kappa shape index (κ3) is 40.1. The van der Waals surface area contributed by atoms with Crippen molar-refractivity contribution in [3.05, 3.63) is 18.7 Å². The van der Waals surface area contributed by atoms with Crippen molar-refractivity contribution in [1.82, 2.24) is 9.55 Å². The standard InChI is InChI=1S/C18H36O2.C4H6N2.CH2O3.Ca.2H/c1-2-3-4-5-6-7-8-9-10-11-12-13-14-15-16-17-18(19)20;1-6-3-2-5-4-6;2-1(3)4;;;/h2-17H2,1H3,(H,19,20);2-4H,1H3;(H2,2,3,4);;;. The zero-order valence-electron chi connectivity index (χ0n) is 19.1. The maximum atomic E-state index is 10.3. The molecule has 0 amide bonds. The van der Waals surface area contributed by atoms with Crippen LogP contribution in [0.2, 0.25) is 0 Å². The maximum absolute atomic E-state index is 10.3. The summed E-state index contributed by atoms with van der Waals surface area (Å²) in [6.07, 6.45) is 23.8. The number of aryl methyl sites for hydroxylation is 1. The molecule has 0 aliphatic carbocycles. The minimum atomic E-state index is -1.83. The van der Waals surface area contributed by atoms with Gasteiger partial charge in [0.05, 0.1) is 6.33 Å². The van der Waals surface area contributed by atoms with E-state index in [1.54, 1.807) is 12.5 Å². The van der Waals surface area contributed by atoms with Crippen molar-refractivity contribution in [1.29, 1.82) is 0 Å². The van der Waals surface area contributed by atoms with Crippen LogP contribution < -0.4 is 0 Å². The number of imidazole rings is 1. The van der Waals surface area contributed by atoms with Gasteiger partial charge in [-0.3, -0.25) is 4.79 Å². The van der Waals surface area contributed by atoms with Crippen LogP contribution in [0.15, 0.2) is 18.7 Å². The second kappa shape index (κ2) is 29.2. The first-order valence-corrected chi connectivity index (χ1v) is 11.5. The Kier molecular flexibility index (Phi) is 32.8. The summed E-state index contributed by atoms with van der Waals surface area (Å²) in [5.41, 5.74) is 0. The van der Waals surface area contributed by atoms with Crippen molar-refractivity contribution in [2.24, 2.45) is 7.05 Å². The Morgan fingerprint density at radius 1 is 0.742 bits per heavy atom. The molecule has 0 saturated heterocycles. The van der Waals surface area contributed by atoms with Gasteiger partial charge in [-0.2, -0.15) is 0 Å². The van der Waals surface area contributed by atoms with Gasteiger partial charge in [0, 0.05) is 25.9 Å². The van der Waals surface area contributed by atoms with E-state index < -0.39 is 12.1 Å². The Morgan fingerprint density at radius 2 is 1.10 bits per heavy atom. The number of carbonyl (C=O) groups is 2. The van der Waals surface area contributed by atoms with Gasteiger partial charge in [0.2, 0.25) is 0 Å². The summed E-state index contributed by atoms with van der Waals surface area (Å²) < 4.78 is 1.89. The zero-order chi connectivity index (χ0) is 22.9. The number of nitrogens with zero attached hydrogens (tertiary/aromatic N) is 2. The van der Waals surface area contributed by atoms with Gasteiger partial charge >= 0.3 is 49.9 Å². The third-order valence-electron chi connectivity index (χ3n) is 4.63. The van der Waals surface area contributed by atoms with Crippen LogP contribution in [0.3, 0.4) is 0 Å². The van der Waals surface area contributed by atoms with E-state index in [2.05, 4.69) is 11.9 Å². The topological polar surface area (TPSA) is 113 Å². The van der Waals surface area contributed by atoms with Gasteiger partial charge in [0.15, 0.2) is 0 Å². The molecule has 3 N–H and O–H groups in total. The van der Waals surface area contributed by atoms with Crippen molar-refractivity contribution in [3.8, 4) is 0 Å². The van der Waals surface area contributed by atoms with Gasteiger partial charge in [-0.15, -0.1) is 0 Å². The number of rotatable bonds is 16. The first kappa shape index (κ1) is 34.8. The fourth-order valence-corrected chi connectivity index (χ4v) is 2.97. The second-order valence-corrected chi connectivity index (χ2v) is 7.60. The molecule has 0 aromatic carbocycles. The third-order valence-corrected chi connectivity index (χ3v) is 4.63. The Labute approximate surface area is 218 Å². The molecule has 0 bridgehead atoms. The van der Waals surface area contributed by atoms with Crippen LogP contribution in [0, 0.1) is 0 Å². The number of hydrogen-bond donors (Lipinski definition) is 3. The fourth-order valence-electron chi connectivity index (χ4n) is 2.97. The van der Waals surface area contributed by atoms with Gasteiger partial charge in [0.1, 0.15) is 0 Å². The van der Waals surface area contributed by atoms with Crippen molar-refractivity contribution < 1.29 is 24.9 Å². The van der Waals surface area contributed by atoms with Crippen LogP contribution >= 0.6 is 0 Å². The molecule has 0 aliphatic heterocycles. The molecule has 180 valence electrons. The summed E-state index contributed by atoms with van der Waals surface area (Å²) in [4.78, 5) is 22.7. The minimum absolute atomic E-state index is 0. The Morgan fingerprint density at radius 3 is 1.32 bits per heavy atom.